The average molecular weight is 390 g/mol. The number of benzene rings is 2. The SMILES string of the molecule is COc1ccccc1C[NH+]1CCN(S(=O)(=O)c2ccc(C(C)C)cc2)CC1. The van der Waals surface area contributed by atoms with Crippen LogP contribution < -0.4 is 9.64 Å². The van der Waals surface area contributed by atoms with Crippen LogP contribution in [-0.4, -0.2) is 46.0 Å². The normalized spacial score (nSPS) is 16.6. The highest BCUT2D eigenvalue weighted by Crippen LogP contribution is 2.20. The van der Waals surface area contributed by atoms with Gasteiger partial charge in [0.25, 0.3) is 0 Å². The lowest BCUT2D eigenvalue weighted by atomic mass is 10.0. The monoisotopic (exact) mass is 389 g/mol. The molecule has 5 nitrogen and oxygen atoms in total. The Labute approximate surface area is 162 Å². The quantitative estimate of drug-likeness (QED) is 0.821. The minimum absolute atomic E-state index is 0.389. The molecule has 0 spiro atoms. The Bertz CT molecular complexity index is 855. The van der Waals surface area contributed by atoms with Crippen LogP contribution in [0.5, 0.6) is 5.75 Å². The highest BCUT2D eigenvalue weighted by molar-refractivity contribution is 7.89. The molecule has 146 valence electrons. The topological polar surface area (TPSA) is 51.1 Å². The molecule has 6 heteroatoms. The van der Waals surface area contributed by atoms with Gasteiger partial charge in [-0.3, -0.25) is 0 Å². The molecule has 1 aliphatic rings. The number of para-hydroxylation sites is 1. The van der Waals surface area contributed by atoms with E-state index in [0.717, 1.165) is 36.5 Å². The Balaban J connectivity index is 1.64. The molecule has 1 aliphatic heterocycles. The zero-order valence-electron chi connectivity index (χ0n) is 16.3. The number of sulfonamides is 1. The van der Waals surface area contributed by atoms with E-state index >= 15 is 0 Å². The van der Waals surface area contributed by atoms with Crippen molar-refractivity contribution in [1.82, 2.24) is 4.31 Å². The summed E-state index contributed by atoms with van der Waals surface area (Å²) in [7, 11) is -1.73. The molecule has 0 amide bonds. The number of methoxy groups -OCH3 is 1. The summed E-state index contributed by atoms with van der Waals surface area (Å²) >= 11 is 0. The third-order valence-corrected chi connectivity index (χ3v) is 7.16. The third kappa shape index (κ3) is 4.51. The van der Waals surface area contributed by atoms with Gasteiger partial charge in [-0.15, -0.1) is 0 Å². The lowest BCUT2D eigenvalue weighted by Gasteiger charge is -2.31. The zero-order chi connectivity index (χ0) is 19.4. The second-order valence-electron chi connectivity index (χ2n) is 7.37. The fourth-order valence-electron chi connectivity index (χ4n) is 3.51. The standard InChI is InChI=1S/C21H28N2O3S/c1-17(2)18-8-10-20(11-9-18)27(24,25)23-14-12-22(13-15-23)16-19-6-4-5-7-21(19)26-3/h4-11,17H,12-16H2,1-3H3/p+1. The summed E-state index contributed by atoms with van der Waals surface area (Å²) in [6.45, 7) is 7.72. The Hall–Kier alpha value is -1.89. The fraction of sp³-hybridized carbons (Fsp3) is 0.429. The Morgan fingerprint density at radius 1 is 1.04 bits per heavy atom. The van der Waals surface area contributed by atoms with Gasteiger partial charge in [0.05, 0.1) is 38.2 Å². The molecule has 0 unspecified atom stereocenters. The molecule has 0 radical (unpaired) electrons. The summed E-state index contributed by atoms with van der Waals surface area (Å²) in [6.07, 6.45) is 0. The molecule has 2 aromatic carbocycles. The first-order chi connectivity index (χ1) is 12.9. The largest absolute Gasteiger partial charge is 0.496 e. The van der Waals surface area contributed by atoms with Crippen LogP contribution in [0.25, 0.3) is 0 Å². The summed E-state index contributed by atoms with van der Waals surface area (Å²) < 4.78 is 32.9. The van der Waals surface area contributed by atoms with Crippen LogP contribution in [0.15, 0.2) is 53.4 Å². The number of hydrogen-bond acceptors (Lipinski definition) is 3. The van der Waals surface area contributed by atoms with Crippen LogP contribution in [0.3, 0.4) is 0 Å². The van der Waals surface area contributed by atoms with Crippen molar-refractivity contribution in [3.63, 3.8) is 0 Å². The third-order valence-electron chi connectivity index (χ3n) is 5.25. The van der Waals surface area contributed by atoms with E-state index < -0.39 is 10.0 Å². The van der Waals surface area contributed by atoms with Crippen LogP contribution >= 0.6 is 0 Å². The first kappa shape index (κ1) is 19.9. The predicted molar refractivity (Wildman–Crippen MR) is 107 cm³/mol. The number of rotatable bonds is 6. The summed E-state index contributed by atoms with van der Waals surface area (Å²) in [4.78, 5) is 1.76. The van der Waals surface area contributed by atoms with E-state index in [1.807, 2.05) is 30.3 Å². The molecule has 0 saturated carbocycles. The number of quaternary nitrogens is 1. The number of nitrogens with one attached hydrogen (secondary N) is 1. The molecule has 0 bridgehead atoms. The Kier molecular flexibility index (Phi) is 6.19. The number of nitrogens with zero attached hydrogens (tertiary/aromatic N) is 1. The Morgan fingerprint density at radius 2 is 1.67 bits per heavy atom. The minimum Gasteiger partial charge on any atom is -0.496 e. The van der Waals surface area contributed by atoms with Gasteiger partial charge in [0.2, 0.25) is 10.0 Å². The van der Waals surface area contributed by atoms with E-state index in [1.54, 1.807) is 23.5 Å². The maximum Gasteiger partial charge on any atom is 0.243 e. The van der Waals surface area contributed by atoms with Crippen molar-refractivity contribution in [3.05, 3.63) is 59.7 Å². The first-order valence-corrected chi connectivity index (χ1v) is 10.9. The van der Waals surface area contributed by atoms with Gasteiger partial charge in [-0.1, -0.05) is 38.1 Å². The molecule has 27 heavy (non-hydrogen) atoms. The van der Waals surface area contributed by atoms with Crippen molar-refractivity contribution in [3.8, 4) is 5.75 Å². The smallest absolute Gasteiger partial charge is 0.243 e. The van der Waals surface area contributed by atoms with Gasteiger partial charge in [0.1, 0.15) is 12.3 Å². The molecule has 3 rings (SSSR count). The van der Waals surface area contributed by atoms with E-state index in [-0.39, 0.29) is 0 Å². The predicted octanol–water partition coefficient (Wildman–Crippen LogP) is 1.91. The lowest BCUT2D eigenvalue weighted by Crippen LogP contribution is -3.13. The molecule has 1 saturated heterocycles. The summed E-state index contributed by atoms with van der Waals surface area (Å²) in [5, 5.41) is 0. The lowest BCUT2D eigenvalue weighted by molar-refractivity contribution is -0.917. The van der Waals surface area contributed by atoms with Gasteiger partial charge >= 0.3 is 0 Å². The van der Waals surface area contributed by atoms with E-state index in [1.165, 1.54) is 4.90 Å². The van der Waals surface area contributed by atoms with Crippen LogP contribution in [0.4, 0.5) is 0 Å². The van der Waals surface area contributed by atoms with Gasteiger partial charge in [0.15, 0.2) is 0 Å². The molecule has 1 heterocycles. The molecule has 0 atom stereocenters. The van der Waals surface area contributed by atoms with Crippen molar-refractivity contribution >= 4 is 10.0 Å². The highest BCUT2D eigenvalue weighted by Gasteiger charge is 2.30. The number of hydrogen-bond donors (Lipinski definition) is 1. The minimum atomic E-state index is -3.42. The van der Waals surface area contributed by atoms with Gasteiger partial charge in [0, 0.05) is 5.56 Å². The number of ether oxygens (including phenoxy) is 1. The van der Waals surface area contributed by atoms with Crippen molar-refractivity contribution in [1.29, 1.82) is 0 Å². The van der Waals surface area contributed by atoms with Gasteiger partial charge in [-0.05, 0) is 35.7 Å². The second kappa shape index (κ2) is 8.42. The van der Waals surface area contributed by atoms with Gasteiger partial charge in [-0.2, -0.15) is 4.31 Å². The van der Waals surface area contributed by atoms with E-state index in [0.29, 0.717) is 23.9 Å². The van der Waals surface area contributed by atoms with Crippen LogP contribution in [0.2, 0.25) is 0 Å². The van der Waals surface area contributed by atoms with Crippen molar-refractivity contribution in [2.45, 2.75) is 31.2 Å². The zero-order valence-corrected chi connectivity index (χ0v) is 17.1. The van der Waals surface area contributed by atoms with Crippen molar-refractivity contribution < 1.29 is 18.1 Å². The van der Waals surface area contributed by atoms with Crippen LogP contribution in [-0.2, 0) is 16.6 Å². The van der Waals surface area contributed by atoms with Crippen LogP contribution in [0, 0.1) is 0 Å². The molecule has 2 aromatic rings. The molecule has 1 fully saturated rings. The highest BCUT2D eigenvalue weighted by atomic mass is 32.2. The van der Waals surface area contributed by atoms with Gasteiger partial charge in [-0.25, -0.2) is 8.42 Å². The maximum atomic E-state index is 12.9. The molecule has 1 N–H and O–H groups in total. The Morgan fingerprint density at radius 3 is 2.26 bits per heavy atom. The first-order valence-electron chi connectivity index (χ1n) is 9.47. The van der Waals surface area contributed by atoms with E-state index in [9.17, 15) is 8.42 Å². The van der Waals surface area contributed by atoms with Crippen molar-refractivity contribution in [2.24, 2.45) is 0 Å². The molecule has 0 aromatic heterocycles. The van der Waals surface area contributed by atoms with Crippen molar-refractivity contribution in [2.75, 3.05) is 33.3 Å². The molecular weight excluding hydrogens is 360 g/mol. The molecule has 0 aliphatic carbocycles. The van der Waals surface area contributed by atoms with E-state index in [4.69, 9.17) is 4.74 Å². The summed E-state index contributed by atoms with van der Waals surface area (Å²) in [5.41, 5.74) is 2.32. The maximum absolute atomic E-state index is 12.9. The van der Waals surface area contributed by atoms with E-state index in [2.05, 4.69) is 19.9 Å². The molecular formula is C21H29N2O3S+. The second-order valence-corrected chi connectivity index (χ2v) is 9.30. The van der Waals surface area contributed by atoms with Crippen LogP contribution in [0.1, 0.15) is 30.9 Å². The number of piperazine rings is 1. The van der Waals surface area contributed by atoms with Gasteiger partial charge < -0.3 is 9.64 Å². The summed E-state index contributed by atoms with van der Waals surface area (Å²) in [5.74, 6) is 1.29. The average Bonchev–Trinajstić information content (AvgIpc) is 2.69. The fourth-order valence-corrected chi connectivity index (χ4v) is 4.95. The summed E-state index contributed by atoms with van der Waals surface area (Å²) in [6, 6.07) is 15.3.